The van der Waals surface area contributed by atoms with Gasteiger partial charge in [0.2, 0.25) is 0 Å². The fourth-order valence-electron chi connectivity index (χ4n) is 2.38. The Bertz CT molecular complexity index is 558. The summed E-state index contributed by atoms with van der Waals surface area (Å²) in [6.07, 6.45) is -0.607. The van der Waals surface area contributed by atoms with Gasteiger partial charge in [-0.25, -0.2) is 4.79 Å². The van der Waals surface area contributed by atoms with E-state index in [1.807, 2.05) is 6.92 Å². The predicted octanol–water partition coefficient (Wildman–Crippen LogP) is 0.702. The molecular formula is C18H28NO5+. The molecule has 2 atom stereocenters. The van der Waals surface area contributed by atoms with Gasteiger partial charge in [0.05, 0.1) is 32.9 Å². The molecule has 0 heterocycles. The summed E-state index contributed by atoms with van der Waals surface area (Å²) in [5, 5.41) is 10.2. The molecule has 0 aromatic heterocycles. The van der Waals surface area contributed by atoms with E-state index in [0.29, 0.717) is 23.6 Å². The number of carbonyl (C=O) groups excluding carboxylic acids is 1. The van der Waals surface area contributed by atoms with Crippen LogP contribution in [0.15, 0.2) is 30.4 Å². The molecule has 6 heteroatoms. The zero-order valence-corrected chi connectivity index (χ0v) is 14.9. The molecule has 134 valence electrons. The molecule has 0 aliphatic carbocycles. The lowest BCUT2D eigenvalue weighted by atomic mass is 10.2. The maximum atomic E-state index is 11.5. The smallest absolute Gasteiger partial charge is 0.337 e. The van der Waals surface area contributed by atoms with Gasteiger partial charge in [-0.3, -0.25) is 0 Å². The minimum atomic E-state index is -0.607. The first-order valence-electron chi connectivity index (χ1n) is 7.96. The first kappa shape index (κ1) is 20.0. The molecule has 0 saturated carbocycles. The number of hydrogen-bond acceptors (Lipinski definition) is 5. The maximum absolute atomic E-state index is 11.5. The highest BCUT2D eigenvalue weighted by Gasteiger charge is 2.16. The third-order valence-electron chi connectivity index (χ3n) is 3.59. The molecule has 0 aliphatic heterocycles. The van der Waals surface area contributed by atoms with Gasteiger partial charge in [0.25, 0.3) is 0 Å². The van der Waals surface area contributed by atoms with E-state index in [1.165, 1.54) is 19.1 Å². The summed E-state index contributed by atoms with van der Waals surface area (Å²) < 4.78 is 15.6. The lowest BCUT2D eigenvalue weighted by molar-refractivity contribution is -0.896. The number of aliphatic hydroxyl groups is 1. The average Bonchev–Trinajstić information content (AvgIpc) is 2.57. The molecule has 1 rings (SSSR count). The average molecular weight is 338 g/mol. The molecule has 1 unspecified atom stereocenters. The number of ether oxygens (including phenoxy) is 3. The first-order chi connectivity index (χ1) is 11.4. The van der Waals surface area contributed by atoms with Gasteiger partial charge in [-0.1, -0.05) is 6.58 Å². The summed E-state index contributed by atoms with van der Waals surface area (Å²) >= 11 is 0. The normalized spacial score (nSPS) is 13.0. The van der Waals surface area contributed by atoms with Crippen molar-refractivity contribution in [2.24, 2.45) is 0 Å². The fraction of sp³-hybridized carbons (Fsp3) is 0.500. The molecule has 0 radical (unpaired) electrons. The van der Waals surface area contributed by atoms with Crippen molar-refractivity contribution >= 4 is 5.97 Å². The van der Waals surface area contributed by atoms with Gasteiger partial charge in [-0.2, -0.15) is 0 Å². The Labute approximate surface area is 143 Å². The van der Waals surface area contributed by atoms with E-state index >= 15 is 0 Å². The molecule has 1 aromatic rings. The molecular weight excluding hydrogens is 310 g/mol. The zero-order chi connectivity index (χ0) is 18.1. The third kappa shape index (κ3) is 6.22. The van der Waals surface area contributed by atoms with Crippen molar-refractivity contribution in [2.75, 3.05) is 40.5 Å². The SMILES string of the molecule is C=C(C)C[NH+](CC)C[C@H](O)COc1ccc(C(=O)OC)cc1OC. The molecule has 0 aliphatic rings. The summed E-state index contributed by atoms with van der Waals surface area (Å²) in [5.74, 6) is 0.454. The second-order valence-electron chi connectivity index (χ2n) is 5.76. The van der Waals surface area contributed by atoms with Crippen LogP contribution in [0.4, 0.5) is 0 Å². The van der Waals surface area contributed by atoms with Crippen LogP contribution in [0.5, 0.6) is 11.5 Å². The Kier molecular flexibility index (Phi) is 8.29. The second-order valence-corrected chi connectivity index (χ2v) is 5.76. The lowest BCUT2D eigenvalue weighted by Gasteiger charge is -2.21. The van der Waals surface area contributed by atoms with Crippen molar-refractivity contribution in [3.05, 3.63) is 35.9 Å². The number of aliphatic hydroxyl groups excluding tert-OH is 1. The van der Waals surface area contributed by atoms with Gasteiger partial charge in [0, 0.05) is 0 Å². The molecule has 6 nitrogen and oxygen atoms in total. The van der Waals surface area contributed by atoms with Crippen molar-refractivity contribution in [1.29, 1.82) is 0 Å². The Morgan fingerprint density at radius 3 is 2.58 bits per heavy atom. The first-order valence-corrected chi connectivity index (χ1v) is 7.96. The minimum absolute atomic E-state index is 0.146. The van der Waals surface area contributed by atoms with Gasteiger partial charge < -0.3 is 24.2 Å². The lowest BCUT2D eigenvalue weighted by Crippen LogP contribution is -3.13. The van der Waals surface area contributed by atoms with Gasteiger partial charge in [-0.05, 0) is 37.6 Å². The topological polar surface area (TPSA) is 69.4 Å². The van der Waals surface area contributed by atoms with E-state index in [-0.39, 0.29) is 6.61 Å². The molecule has 1 aromatic carbocycles. The van der Waals surface area contributed by atoms with Crippen LogP contribution in [0.3, 0.4) is 0 Å². The summed E-state index contributed by atoms with van der Waals surface area (Å²) in [6.45, 7) is 10.4. The van der Waals surface area contributed by atoms with Crippen LogP contribution >= 0.6 is 0 Å². The highest BCUT2D eigenvalue weighted by molar-refractivity contribution is 5.90. The van der Waals surface area contributed by atoms with Gasteiger partial charge in [0.15, 0.2) is 11.5 Å². The molecule has 0 bridgehead atoms. The Morgan fingerprint density at radius 1 is 1.33 bits per heavy atom. The van der Waals surface area contributed by atoms with Crippen molar-refractivity contribution in [2.45, 2.75) is 20.0 Å². The highest BCUT2D eigenvalue weighted by atomic mass is 16.5. The Morgan fingerprint density at radius 2 is 2.04 bits per heavy atom. The molecule has 24 heavy (non-hydrogen) atoms. The number of carbonyl (C=O) groups is 1. The summed E-state index contributed by atoms with van der Waals surface area (Å²) in [7, 11) is 2.82. The Hall–Kier alpha value is -2.05. The minimum Gasteiger partial charge on any atom is -0.493 e. The Balaban J connectivity index is 2.65. The van der Waals surface area contributed by atoms with E-state index in [0.717, 1.165) is 18.7 Å². The highest BCUT2D eigenvalue weighted by Crippen LogP contribution is 2.28. The number of quaternary nitrogens is 1. The largest absolute Gasteiger partial charge is 0.493 e. The van der Waals surface area contributed by atoms with Gasteiger partial charge >= 0.3 is 5.97 Å². The summed E-state index contributed by atoms with van der Waals surface area (Å²) in [4.78, 5) is 12.8. The summed E-state index contributed by atoms with van der Waals surface area (Å²) in [6, 6.07) is 4.79. The quantitative estimate of drug-likeness (QED) is 0.486. The van der Waals surface area contributed by atoms with E-state index in [4.69, 9.17) is 9.47 Å². The number of likely N-dealkylation sites (N-methyl/N-ethyl adjacent to an activating group) is 1. The number of rotatable bonds is 10. The van der Waals surface area contributed by atoms with Crippen LogP contribution in [-0.2, 0) is 4.74 Å². The van der Waals surface area contributed by atoms with Crippen molar-refractivity contribution < 1.29 is 29.0 Å². The van der Waals surface area contributed by atoms with Gasteiger partial charge in [0.1, 0.15) is 19.3 Å². The number of nitrogens with one attached hydrogen (secondary N) is 1. The standard InChI is InChI=1S/C18H27NO5/c1-6-19(10-13(2)3)11-15(20)12-24-16-8-7-14(18(21)23-5)9-17(16)22-4/h7-9,15,20H,2,6,10-12H2,1,3-5H3/p+1/t15-/m0/s1. The number of methoxy groups -OCH3 is 2. The fourth-order valence-corrected chi connectivity index (χ4v) is 2.38. The predicted molar refractivity (Wildman–Crippen MR) is 91.9 cm³/mol. The van der Waals surface area contributed by atoms with E-state index in [2.05, 4.69) is 18.2 Å². The van der Waals surface area contributed by atoms with E-state index in [9.17, 15) is 9.90 Å². The van der Waals surface area contributed by atoms with Gasteiger partial charge in [-0.15, -0.1) is 0 Å². The number of esters is 1. The van der Waals surface area contributed by atoms with Crippen molar-refractivity contribution in [1.82, 2.24) is 0 Å². The van der Waals surface area contributed by atoms with Crippen LogP contribution in [0.1, 0.15) is 24.2 Å². The van der Waals surface area contributed by atoms with Crippen molar-refractivity contribution in [3.63, 3.8) is 0 Å². The van der Waals surface area contributed by atoms with Crippen LogP contribution in [0, 0.1) is 0 Å². The van der Waals surface area contributed by atoms with E-state index in [1.54, 1.807) is 18.2 Å². The van der Waals surface area contributed by atoms with Crippen LogP contribution in [0.2, 0.25) is 0 Å². The van der Waals surface area contributed by atoms with Crippen molar-refractivity contribution in [3.8, 4) is 11.5 Å². The molecule has 0 spiro atoms. The molecule has 0 saturated heterocycles. The molecule has 2 N–H and O–H groups in total. The van der Waals surface area contributed by atoms with E-state index < -0.39 is 12.1 Å². The molecule has 0 amide bonds. The number of benzene rings is 1. The third-order valence-corrected chi connectivity index (χ3v) is 3.59. The zero-order valence-electron chi connectivity index (χ0n) is 14.9. The molecule has 0 fully saturated rings. The second kappa shape index (κ2) is 9.95. The maximum Gasteiger partial charge on any atom is 0.337 e. The van der Waals surface area contributed by atoms with Crippen LogP contribution in [0.25, 0.3) is 0 Å². The monoisotopic (exact) mass is 338 g/mol. The summed E-state index contributed by atoms with van der Waals surface area (Å²) in [5.41, 5.74) is 1.46. The van der Waals surface area contributed by atoms with Crippen LogP contribution in [-0.4, -0.2) is 57.6 Å². The number of hydrogen-bond donors (Lipinski definition) is 2. The van der Waals surface area contributed by atoms with Crippen LogP contribution < -0.4 is 14.4 Å².